The first kappa shape index (κ1) is 11.6. The molecule has 0 spiro atoms. The van der Waals surface area contributed by atoms with E-state index >= 15 is 0 Å². The predicted octanol–water partition coefficient (Wildman–Crippen LogP) is 3.33. The summed E-state index contributed by atoms with van der Waals surface area (Å²) in [6.45, 7) is 2.07. The van der Waals surface area contributed by atoms with Crippen LogP contribution in [0.25, 0.3) is 10.9 Å². The second kappa shape index (κ2) is 4.99. The molecule has 2 rings (SSSR count). The summed E-state index contributed by atoms with van der Waals surface area (Å²) >= 11 is 0. The Morgan fingerprint density at radius 3 is 2.88 bits per heavy atom. The lowest BCUT2D eigenvalue weighted by molar-refractivity contribution is -0.483. The number of hydrogen-bond donors (Lipinski definition) is 1. The van der Waals surface area contributed by atoms with Crippen LogP contribution in [0.5, 0.6) is 0 Å². The molecule has 0 amide bonds. The van der Waals surface area contributed by atoms with Gasteiger partial charge in [0.1, 0.15) is 0 Å². The fourth-order valence-electron chi connectivity index (χ4n) is 2.31. The van der Waals surface area contributed by atoms with Crippen LogP contribution in [0.15, 0.2) is 30.5 Å². The van der Waals surface area contributed by atoms with Crippen LogP contribution in [0, 0.1) is 10.1 Å². The number of fused-ring (bicyclic) bond motifs is 1. The van der Waals surface area contributed by atoms with Gasteiger partial charge in [0.2, 0.25) is 6.54 Å². The molecule has 4 nitrogen and oxygen atoms in total. The van der Waals surface area contributed by atoms with Crippen molar-refractivity contribution >= 4 is 10.9 Å². The number of nitro groups is 1. The summed E-state index contributed by atoms with van der Waals surface area (Å²) in [5.74, 6) is 0.00569. The molecular weight excluding hydrogens is 216 g/mol. The Kier molecular flexibility index (Phi) is 3.42. The van der Waals surface area contributed by atoms with E-state index < -0.39 is 0 Å². The fraction of sp³-hybridized carbons (Fsp3) is 0.385. The van der Waals surface area contributed by atoms with Crippen molar-refractivity contribution in [2.24, 2.45) is 0 Å². The lowest BCUT2D eigenvalue weighted by Crippen LogP contribution is -2.12. The van der Waals surface area contributed by atoms with Crippen LogP contribution >= 0.6 is 0 Å². The van der Waals surface area contributed by atoms with Gasteiger partial charge < -0.3 is 4.98 Å². The smallest absolute Gasteiger partial charge is 0.210 e. The molecule has 0 saturated heterocycles. The Balaban J connectivity index is 2.37. The third kappa shape index (κ3) is 2.46. The highest BCUT2D eigenvalue weighted by atomic mass is 16.6. The number of H-pyrrole nitrogens is 1. The second-order valence-corrected chi connectivity index (χ2v) is 4.29. The Morgan fingerprint density at radius 2 is 2.18 bits per heavy atom. The summed E-state index contributed by atoms with van der Waals surface area (Å²) < 4.78 is 0. The Morgan fingerprint density at radius 1 is 1.41 bits per heavy atom. The molecule has 1 aromatic heterocycles. The first-order valence-corrected chi connectivity index (χ1v) is 5.90. The minimum Gasteiger partial charge on any atom is -0.361 e. The zero-order valence-electron chi connectivity index (χ0n) is 9.85. The van der Waals surface area contributed by atoms with Gasteiger partial charge in [-0.2, -0.15) is 0 Å². The molecule has 1 N–H and O–H groups in total. The second-order valence-electron chi connectivity index (χ2n) is 4.29. The van der Waals surface area contributed by atoms with Gasteiger partial charge in [-0.15, -0.1) is 0 Å². The predicted molar refractivity (Wildman–Crippen MR) is 67.8 cm³/mol. The summed E-state index contributed by atoms with van der Waals surface area (Å²) in [6.07, 6.45) is 3.72. The molecule has 0 unspecified atom stereocenters. The van der Waals surface area contributed by atoms with Gasteiger partial charge in [0, 0.05) is 22.0 Å². The molecule has 0 aliphatic carbocycles. The zero-order valence-corrected chi connectivity index (χ0v) is 9.85. The van der Waals surface area contributed by atoms with E-state index in [-0.39, 0.29) is 17.4 Å². The lowest BCUT2D eigenvalue weighted by Gasteiger charge is -2.10. The van der Waals surface area contributed by atoms with Crippen molar-refractivity contribution in [2.75, 3.05) is 6.54 Å². The number of para-hydroxylation sites is 1. The van der Waals surface area contributed by atoms with Crippen LogP contribution in [0.3, 0.4) is 0 Å². The van der Waals surface area contributed by atoms with E-state index in [9.17, 15) is 10.1 Å². The van der Waals surface area contributed by atoms with E-state index in [1.54, 1.807) is 0 Å². The third-order valence-electron chi connectivity index (χ3n) is 3.07. The van der Waals surface area contributed by atoms with Crippen molar-refractivity contribution in [1.29, 1.82) is 0 Å². The van der Waals surface area contributed by atoms with E-state index in [1.807, 2.05) is 30.5 Å². The molecule has 17 heavy (non-hydrogen) atoms. The monoisotopic (exact) mass is 232 g/mol. The van der Waals surface area contributed by atoms with Gasteiger partial charge in [0.25, 0.3) is 0 Å². The van der Waals surface area contributed by atoms with Crippen molar-refractivity contribution in [3.05, 3.63) is 46.1 Å². The Labute approximate surface area is 99.8 Å². The van der Waals surface area contributed by atoms with Gasteiger partial charge in [-0.05, 0) is 18.1 Å². The van der Waals surface area contributed by atoms with Crippen LogP contribution in [0.1, 0.15) is 31.2 Å². The summed E-state index contributed by atoms with van der Waals surface area (Å²) in [5.41, 5.74) is 2.12. The molecule has 0 fully saturated rings. The molecule has 1 atom stereocenters. The van der Waals surface area contributed by atoms with Gasteiger partial charge >= 0.3 is 0 Å². The van der Waals surface area contributed by atoms with Crippen molar-refractivity contribution in [3.63, 3.8) is 0 Å². The SMILES string of the molecule is CCC[C@H](C[N+](=O)[O-])c1c[nH]c2ccccc12. The number of nitrogens with one attached hydrogen (secondary N) is 1. The highest BCUT2D eigenvalue weighted by molar-refractivity contribution is 5.83. The average Bonchev–Trinajstić information content (AvgIpc) is 2.71. The maximum absolute atomic E-state index is 10.7. The number of aromatic nitrogens is 1. The first-order valence-electron chi connectivity index (χ1n) is 5.90. The molecular formula is C13H16N2O2. The normalized spacial score (nSPS) is 12.8. The largest absolute Gasteiger partial charge is 0.361 e. The molecule has 1 aromatic carbocycles. The van der Waals surface area contributed by atoms with Gasteiger partial charge in [-0.3, -0.25) is 10.1 Å². The van der Waals surface area contributed by atoms with Crippen molar-refractivity contribution in [3.8, 4) is 0 Å². The summed E-state index contributed by atoms with van der Waals surface area (Å²) in [7, 11) is 0. The Hall–Kier alpha value is -1.84. The summed E-state index contributed by atoms with van der Waals surface area (Å²) in [6, 6.07) is 7.94. The quantitative estimate of drug-likeness (QED) is 0.635. The third-order valence-corrected chi connectivity index (χ3v) is 3.07. The molecule has 0 aliphatic rings. The van der Waals surface area contributed by atoms with Crippen molar-refractivity contribution < 1.29 is 4.92 Å². The Bertz CT molecular complexity index is 519. The van der Waals surface area contributed by atoms with E-state index in [0.717, 1.165) is 29.3 Å². The maximum atomic E-state index is 10.7. The first-order chi connectivity index (χ1) is 8.22. The minimum atomic E-state index is -0.220. The maximum Gasteiger partial charge on any atom is 0.210 e. The number of rotatable bonds is 5. The molecule has 90 valence electrons. The van der Waals surface area contributed by atoms with Crippen LogP contribution in [-0.2, 0) is 0 Å². The van der Waals surface area contributed by atoms with Gasteiger partial charge in [-0.25, -0.2) is 0 Å². The van der Waals surface area contributed by atoms with Crippen molar-refractivity contribution in [1.82, 2.24) is 4.98 Å². The van der Waals surface area contributed by atoms with Gasteiger partial charge in [0.05, 0.1) is 5.92 Å². The van der Waals surface area contributed by atoms with E-state index in [2.05, 4.69) is 11.9 Å². The standard InChI is InChI=1S/C13H16N2O2/c1-2-5-10(9-15(16)17)12-8-14-13-7-4-3-6-11(12)13/h3-4,6-8,10,14H,2,5,9H2,1H3/t10-/m1/s1. The topological polar surface area (TPSA) is 58.9 Å². The van der Waals surface area contributed by atoms with Gasteiger partial charge in [-0.1, -0.05) is 31.5 Å². The highest BCUT2D eigenvalue weighted by Crippen LogP contribution is 2.28. The van der Waals surface area contributed by atoms with E-state index in [4.69, 9.17) is 0 Å². The summed E-state index contributed by atoms with van der Waals surface area (Å²) in [5, 5.41) is 11.8. The minimum absolute atomic E-state index is 0.00569. The summed E-state index contributed by atoms with van der Waals surface area (Å²) in [4.78, 5) is 13.7. The van der Waals surface area contributed by atoms with Crippen molar-refractivity contribution in [2.45, 2.75) is 25.7 Å². The molecule has 0 saturated carbocycles. The van der Waals surface area contributed by atoms with Crippen LogP contribution in [-0.4, -0.2) is 16.5 Å². The number of aromatic amines is 1. The lowest BCUT2D eigenvalue weighted by atomic mass is 9.94. The highest BCUT2D eigenvalue weighted by Gasteiger charge is 2.19. The number of hydrogen-bond acceptors (Lipinski definition) is 2. The average molecular weight is 232 g/mol. The van der Waals surface area contributed by atoms with Crippen LogP contribution in [0.2, 0.25) is 0 Å². The van der Waals surface area contributed by atoms with E-state index in [0.29, 0.717) is 0 Å². The van der Waals surface area contributed by atoms with Gasteiger partial charge in [0.15, 0.2) is 0 Å². The molecule has 0 aliphatic heterocycles. The molecule has 1 heterocycles. The molecule has 2 aromatic rings. The van der Waals surface area contributed by atoms with Crippen LogP contribution < -0.4 is 0 Å². The number of benzene rings is 1. The van der Waals surface area contributed by atoms with E-state index in [1.165, 1.54) is 0 Å². The number of nitrogens with zero attached hydrogens (tertiary/aromatic N) is 1. The molecule has 4 heteroatoms. The molecule has 0 bridgehead atoms. The zero-order chi connectivity index (χ0) is 12.3. The van der Waals surface area contributed by atoms with Crippen LogP contribution in [0.4, 0.5) is 0 Å². The molecule has 0 radical (unpaired) electrons. The fourth-order valence-corrected chi connectivity index (χ4v) is 2.31.